The Labute approximate surface area is 88.6 Å². The van der Waals surface area contributed by atoms with Crippen molar-refractivity contribution in [2.45, 2.75) is 44.3 Å². The summed E-state index contributed by atoms with van der Waals surface area (Å²) in [5.74, 6) is 0. The van der Waals surface area contributed by atoms with E-state index in [2.05, 4.69) is 0 Å². The summed E-state index contributed by atoms with van der Waals surface area (Å²) in [5.41, 5.74) is 5.58. The first-order valence-electron chi connectivity index (χ1n) is 5.54. The zero-order chi connectivity index (χ0) is 11.3. The van der Waals surface area contributed by atoms with Gasteiger partial charge in [-0.2, -0.15) is 13.2 Å². The summed E-state index contributed by atoms with van der Waals surface area (Å²) in [6.07, 6.45) is -0.638. The van der Waals surface area contributed by atoms with E-state index < -0.39 is 12.6 Å². The van der Waals surface area contributed by atoms with Crippen molar-refractivity contribution in [1.82, 2.24) is 4.90 Å². The van der Waals surface area contributed by atoms with Crippen molar-refractivity contribution in [3.8, 4) is 0 Å². The van der Waals surface area contributed by atoms with Crippen LogP contribution in [0.15, 0.2) is 0 Å². The van der Waals surface area contributed by atoms with Crippen molar-refractivity contribution < 1.29 is 13.2 Å². The van der Waals surface area contributed by atoms with Gasteiger partial charge in [-0.3, -0.25) is 4.90 Å². The maximum atomic E-state index is 12.1. The van der Waals surface area contributed by atoms with Crippen molar-refractivity contribution in [3.05, 3.63) is 0 Å². The summed E-state index contributed by atoms with van der Waals surface area (Å²) < 4.78 is 36.3. The Bertz CT molecular complexity index is 182. The first kappa shape index (κ1) is 12.8. The van der Waals surface area contributed by atoms with Gasteiger partial charge in [0.2, 0.25) is 0 Å². The molecule has 0 saturated carbocycles. The average Bonchev–Trinajstić information content (AvgIpc) is 2.37. The third-order valence-electron chi connectivity index (χ3n) is 2.95. The van der Waals surface area contributed by atoms with Gasteiger partial charge in [0.15, 0.2) is 0 Å². The molecule has 2 nitrogen and oxygen atoms in total. The summed E-state index contributed by atoms with van der Waals surface area (Å²) in [6, 6.07) is 0.148. The van der Waals surface area contributed by atoms with E-state index in [0.717, 1.165) is 32.2 Å². The largest absolute Gasteiger partial charge is 0.390 e. The number of rotatable bonds is 3. The molecule has 1 aliphatic rings. The molecule has 0 aliphatic carbocycles. The second-order valence-electron chi connectivity index (χ2n) is 4.14. The number of alkyl halides is 3. The van der Waals surface area contributed by atoms with Crippen LogP contribution in [0.5, 0.6) is 0 Å². The summed E-state index contributed by atoms with van der Waals surface area (Å²) in [6.45, 7) is 1.33. The van der Waals surface area contributed by atoms with Gasteiger partial charge in [-0.1, -0.05) is 12.8 Å². The highest BCUT2D eigenvalue weighted by Gasteiger charge is 2.29. The summed E-state index contributed by atoms with van der Waals surface area (Å²) in [4.78, 5) is 1.90. The van der Waals surface area contributed by atoms with E-state index in [0.29, 0.717) is 6.54 Å². The Morgan fingerprint density at radius 2 is 1.93 bits per heavy atom. The maximum absolute atomic E-state index is 12.1. The second-order valence-corrected chi connectivity index (χ2v) is 4.14. The second kappa shape index (κ2) is 5.70. The van der Waals surface area contributed by atoms with Crippen LogP contribution in [0.1, 0.15) is 32.1 Å². The lowest BCUT2D eigenvalue weighted by Crippen LogP contribution is -2.41. The fraction of sp³-hybridized carbons (Fsp3) is 1.00. The standard InChI is InChI=1S/C10H19F3N2/c11-10(12,13)5-7-15-6-3-1-2-4-9(15)8-14/h9H,1-8,14H2. The monoisotopic (exact) mass is 224 g/mol. The lowest BCUT2D eigenvalue weighted by atomic mass is 10.1. The molecule has 0 aromatic carbocycles. The Balaban J connectivity index is 2.41. The van der Waals surface area contributed by atoms with Crippen molar-refractivity contribution in [1.29, 1.82) is 0 Å². The van der Waals surface area contributed by atoms with Gasteiger partial charge in [-0.05, 0) is 19.4 Å². The molecule has 90 valence electrons. The molecule has 1 atom stereocenters. The lowest BCUT2D eigenvalue weighted by Gasteiger charge is -2.29. The van der Waals surface area contributed by atoms with Gasteiger partial charge in [-0.25, -0.2) is 0 Å². The van der Waals surface area contributed by atoms with Gasteiger partial charge in [0.1, 0.15) is 0 Å². The third-order valence-corrected chi connectivity index (χ3v) is 2.95. The van der Waals surface area contributed by atoms with Crippen molar-refractivity contribution in [3.63, 3.8) is 0 Å². The van der Waals surface area contributed by atoms with E-state index in [9.17, 15) is 13.2 Å². The zero-order valence-corrected chi connectivity index (χ0v) is 8.89. The number of halogens is 3. The highest BCUT2D eigenvalue weighted by atomic mass is 19.4. The molecule has 1 unspecified atom stereocenters. The van der Waals surface area contributed by atoms with Crippen molar-refractivity contribution in [2.75, 3.05) is 19.6 Å². The number of hydrogen-bond donors (Lipinski definition) is 1. The molecule has 0 aromatic heterocycles. The van der Waals surface area contributed by atoms with Crippen LogP contribution >= 0.6 is 0 Å². The molecule has 1 aliphatic heterocycles. The molecule has 1 rings (SSSR count). The predicted octanol–water partition coefficient (Wildman–Crippen LogP) is 2.14. The lowest BCUT2D eigenvalue weighted by molar-refractivity contribution is -0.139. The van der Waals surface area contributed by atoms with E-state index in [1.165, 1.54) is 0 Å². The van der Waals surface area contributed by atoms with E-state index in [1.807, 2.05) is 4.90 Å². The highest BCUT2D eigenvalue weighted by Crippen LogP contribution is 2.22. The Morgan fingerprint density at radius 3 is 2.53 bits per heavy atom. The van der Waals surface area contributed by atoms with Gasteiger partial charge >= 0.3 is 6.18 Å². The molecule has 2 N–H and O–H groups in total. The van der Waals surface area contributed by atoms with Gasteiger partial charge in [0.05, 0.1) is 6.42 Å². The molecule has 1 saturated heterocycles. The normalized spacial score (nSPS) is 25.2. The van der Waals surface area contributed by atoms with Crippen LogP contribution in [-0.2, 0) is 0 Å². The predicted molar refractivity (Wildman–Crippen MR) is 53.6 cm³/mol. The molecule has 0 bridgehead atoms. The van der Waals surface area contributed by atoms with E-state index in [4.69, 9.17) is 5.73 Å². The molecule has 1 heterocycles. The van der Waals surface area contributed by atoms with Crippen molar-refractivity contribution >= 4 is 0 Å². The van der Waals surface area contributed by atoms with Gasteiger partial charge in [0.25, 0.3) is 0 Å². The molecular formula is C10H19F3N2. The van der Waals surface area contributed by atoms with E-state index in [-0.39, 0.29) is 12.6 Å². The topological polar surface area (TPSA) is 29.3 Å². The molecule has 5 heteroatoms. The quantitative estimate of drug-likeness (QED) is 0.795. The van der Waals surface area contributed by atoms with Gasteiger partial charge < -0.3 is 5.73 Å². The van der Waals surface area contributed by atoms with Crippen LogP contribution < -0.4 is 5.73 Å². The minimum atomic E-state index is -4.05. The summed E-state index contributed by atoms with van der Waals surface area (Å²) >= 11 is 0. The Morgan fingerprint density at radius 1 is 1.20 bits per heavy atom. The SMILES string of the molecule is NCC1CCCCCN1CCC(F)(F)F. The van der Waals surface area contributed by atoms with E-state index in [1.54, 1.807) is 0 Å². The summed E-state index contributed by atoms with van der Waals surface area (Å²) in [5, 5.41) is 0. The third kappa shape index (κ3) is 4.84. The van der Waals surface area contributed by atoms with Crippen LogP contribution in [0.3, 0.4) is 0 Å². The fourth-order valence-electron chi connectivity index (χ4n) is 2.07. The number of likely N-dealkylation sites (tertiary alicyclic amines) is 1. The highest BCUT2D eigenvalue weighted by molar-refractivity contribution is 4.76. The average molecular weight is 224 g/mol. The molecule has 1 fully saturated rings. The summed E-state index contributed by atoms with van der Waals surface area (Å²) in [7, 11) is 0. The molecular weight excluding hydrogens is 205 g/mol. The van der Waals surface area contributed by atoms with Crippen LogP contribution in [-0.4, -0.2) is 36.8 Å². The molecule has 0 spiro atoms. The smallest absolute Gasteiger partial charge is 0.329 e. The minimum absolute atomic E-state index is 0.103. The first-order chi connectivity index (χ1) is 7.03. The molecule has 0 amide bonds. The Hall–Kier alpha value is -0.290. The van der Waals surface area contributed by atoms with Gasteiger partial charge in [-0.15, -0.1) is 0 Å². The first-order valence-corrected chi connectivity index (χ1v) is 5.54. The van der Waals surface area contributed by atoms with Crippen LogP contribution in [0, 0.1) is 0 Å². The van der Waals surface area contributed by atoms with Gasteiger partial charge in [0, 0.05) is 19.1 Å². The number of nitrogens with zero attached hydrogens (tertiary/aromatic N) is 1. The van der Waals surface area contributed by atoms with Crippen molar-refractivity contribution in [2.24, 2.45) is 5.73 Å². The van der Waals surface area contributed by atoms with Crippen LogP contribution in [0.25, 0.3) is 0 Å². The maximum Gasteiger partial charge on any atom is 0.390 e. The molecule has 0 radical (unpaired) electrons. The molecule has 0 aromatic rings. The van der Waals surface area contributed by atoms with E-state index >= 15 is 0 Å². The minimum Gasteiger partial charge on any atom is -0.329 e. The number of nitrogens with two attached hydrogens (primary N) is 1. The fourth-order valence-corrected chi connectivity index (χ4v) is 2.07. The number of hydrogen-bond acceptors (Lipinski definition) is 2. The van der Waals surface area contributed by atoms with Crippen LogP contribution in [0.4, 0.5) is 13.2 Å². The molecule has 15 heavy (non-hydrogen) atoms. The van der Waals surface area contributed by atoms with Crippen LogP contribution in [0.2, 0.25) is 0 Å². The Kier molecular flexibility index (Phi) is 4.86. The zero-order valence-electron chi connectivity index (χ0n) is 8.89.